The minimum atomic E-state index is -0.444. The molecule has 2 aromatic heterocycles. The summed E-state index contributed by atoms with van der Waals surface area (Å²) in [5.74, 6) is 2.49. The molecule has 0 aliphatic heterocycles. The summed E-state index contributed by atoms with van der Waals surface area (Å²) in [6.07, 6.45) is 1.47. The van der Waals surface area contributed by atoms with E-state index >= 15 is 0 Å². The van der Waals surface area contributed by atoms with Gasteiger partial charge in [-0.3, -0.25) is 4.57 Å². The van der Waals surface area contributed by atoms with E-state index in [1.165, 1.54) is 25.1 Å². The van der Waals surface area contributed by atoms with Crippen LogP contribution in [0.3, 0.4) is 0 Å². The molecule has 0 spiro atoms. The predicted molar refractivity (Wildman–Crippen MR) is 120 cm³/mol. The average molecular weight is 452 g/mol. The van der Waals surface area contributed by atoms with Crippen LogP contribution in [0.15, 0.2) is 70.4 Å². The summed E-state index contributed by atoms with van der Waals surface area (Å²) in [7, 11) is 4.58. The van der Waals surface area contributed by atoms with Crippen LogP contribution >= 0.6 is 11.8 Å². The number of furan rings is 1. The SMILES string of the molecule is COC(=O)c1ccoc1CSc1nnc(-c2ccccc2OC)n1-c1ccc(OC)cc1. The molecule has 0 amide bonds. The van der Waals surface area contributed by atoms with Gasteiger partial charge in [-0.2, -0.15) is 0 Å². The number of carbonyl (C=O) groups excluding carboxylic acids is 1. The van der Waals surface area contributed by atoms with Crippen molar-refractivity contribution in [2.45, 2.75) is 10.9 Å². The van der Waals surface area contributed by atoms with Gasteiger partial charge in [-0.15, -0.1) is 10.2 Å². The number of nitrogens with zero attached hydrogens (tertiary/aromatic N) is 3. The minimum absolute atomic E-state index is 0.373. The topological polar surface area (TPSA) is 88.6 Å². The maximum absolute atomic E-state index is 12.0. The Morgan fingerprint density at radius 2 is 1.78 bits per heavy atom. The lowest BCUT2D eigenvalue weighted by atomic mass is 10.2. The average Bonchev–Trinajstić information content (AvgIpc) is 3.49. The molecule has 0 N–H and O–H groups in total. The zero-order chi connectivity index (χ0) is 22.5. The number of hydrogen-bond acceptors (Lipinski definition) is 8. The zero-order valence-corrected chi connectivity index (χ0v) is 18.6. The van der Waals surface area contributed by atoms with Gasteiger partial charge in [0, 0.05) is 0 Å². The number of para-hydroxylation sites is 1. The number of aromatic nitrogens is 3. The summed E-state index contributed by atoms with van der Waals surface area (Å²) in [5, 5.41) is 9.49. The zero-order valence-electron chi connectivity index (χ0n) is 17.8. The lowest BCUT2D eigenvalue weighted by molar-refractivity contribution is 0.0598. The monoisotopic (exact) mass is 451 g/mol. The molecule has 0 aliphatic rings. The normalized spacial score (nSPS) is 10.7. The first-order valence-corrected chi connectivity index (χ1v) is 10.7. The number of carbonyl (C=O) groups is 1. The number of thioether (sulfide) groups is 1. The van der Waals surface area contributed by atoms with Crippen LogP contribution in [0.2, 0.25) is 0 Å². The fraction of sp³-hybridized carbons (Fsp3) is 0.174. The highest BCUT2D eigenvalue weighted by Gasteiger charge is 2.21. The number of methoxy groups -OCH3 is 3. The molecule has 4 rings (SSSR count). The van der Waals surface area contributed by atoms with Crippen LogP contribution in [0, 0.1) is 0 Å². The van der Waals surface area contributed by atoms with Crippen molar-refractivity contribution >= 4 is 17.7 Å². The molecule has 164 valence electrons. The van der Waals surface area contributed by atoms with Gasteiger partial charge in [-0.1, -0.05) is 23.9 Å². The number of rotatable bonds is 8. The molecular formula is C23H21N3O5S. The van der Waals surface area contributed by atoms with Crippen molar-refractivity contribution in [3.8, 4) is 28.6 Å². The second kappa shape index (κ2) is 9.61. The van der Waals surface area contributed by atoms with Crippen LogP contribution in [0.5, 0.6) is 11.5 Å². The summed E-state index contributed by atoms with van der Waals surface area (Å²) < 4.78 is 23.1. The highest BCUT2D eigenvalue weighted by Crippen LogP contribution is 2.34. The molecule has 0 bridgehead atoms. The molecule has 9 heteroatoms. The Labute approximate surface area is 189 Å². The van der Waals surface area contributed by atoms with E-state index in [1.807, 2.05) is 53.1 Å². The van der Waals surface area contributed by atoms with Gasteiger partial charge in [0.15, 0.2) is 11.0 Å². The maximum Gasteiger partial charge on any atom is 0.341 e. The molecule has 0 radical (unpaired) electrons. The second-order valence-corrected chi connectivity index (χ2v) is 7.52. The molecular weight excluding hydrogens is 430 g/mol. The van der Waals surface area contributed by atoms with Crippen molar-refractivity contribution in [3.05, 3.63) is 72.2 Å². The minimum Gasteiger partial charge on any atom is -0.497 e. The van der Waals surface area contributed by atoms with E-state index in [9.17, 15) is 4.79 Å². The Hall–Kier alpha value is -3.72. The van der Waals surface area contributed by atoms with Crippen molar-refractivity contribution in [3.63, 3.8) is 0 Å². The second-order valence-electron chi connectivity index (χ2n) is 6.58. The number of hydrogen-bond donors (Lipinski definition) is 0. The van der Waals surface area contributed by atoms with Crippen LogP contribution in [0.1, 0.15) is 16.1 Å². The largest absolute Gasteiger partial charge is 0.497 e. The van der Waals surface area contributed by atoms with E-state index in [0.29, 0.717) is 33.8 Å². The van der Waals surface area contributed by atoms with Gasteiger partial charge in [0.1, 0.15) is 22.8 Å². The van der Waals surface area contributed by atoms with Gasteiger partial charge in [0.25, 0.3) is 0 Å². The van der Waals surface area contributed by atoms with Crippen LogP contribution in [-0.4, -0.2) is 42.1 Å². The fourth-order valence-corrected chi connectivity index (χ4v) is 4.11. The third-order valence-corrected chi connectivity index (χ3v) is 5.72. The van der Waals surface area contributed by atoms with E-state index in [4.69, 9.17) is 18.6 Å². The molecule has 2 heterocycles. The maximum atomic E-state index is 12.0. The van der Waals surface area contributed by atoms with Crippen molar-refractivity contribution in [2.24, 2.45) is 0 Å². The molecule has 0 saturated carbocycles. The molecule has 0 atom stereocenters. The van der Waals surface area contributed by atoms with Crippen LogP contribution in [0.4, 0.5) is 0 Å². The Morgan fingerprint density at radius 3 is 2.50 bits per heavy atom. The van der Waals surface area contributed by atoms with Crippen molar-refractivity contribution in [1.82, 2.24) is 14.8 Å². The Bertz CT molecular complexity index is 1220. The highest BCUT2D eigenvalue weighted by molar-refractivity contribution is 7.98. The molecule has 32 heavy (non-hydrogen) atoms. The first-order valence-electron chi connectivity index (χ1n) is 9.67. The molecule has 0 aliphatic carbocycles. The van der Waals surface area contributed by atoms with Crippen molar-refractivity contribution in [1.29, 1.82) is 0 Å². The molecule has 0 fully saturated rings. The van der Waals surface area contributed by atoms with Crippen molar-refractivity contribution in [2.75, 3.05) is 21.3 Å². The van der Waals surface area contributed by atoms with Gasteiger partial charge in [0.05, 0.1) is 44.6 Å². The summed E-state index contributed by atoms with van der Waals surface area (Å²) in [6.45, 7) is 0. The Balaban J connectivity index is 1.75. The van der Waals surface area contributed by atoms with Gasteiger partial charge in [-0.25, -0.2) is 4.79 Å². The molecule has 0 unspecified atom stereocenters. The third kappa shape index (κ3) is 4.19. The number of benzene rings is 2. The fourth-order valence-electron chi connectivity index (χ4n) is 3.21. The molecule has 8 nitrogen and oxygen atoms in total. The summed E-state index contributed by atoms with van der Waals surface area (Å²) in [6, 6.07) is 16.8. The van der Waals surface area contributed by atoms with Gasteiger partial charge in [0.2, 0.25) is 0 Å². The standard InChI is InChI=1S/C23H21N3O5S/c1-28-16-10-8-15(9-11-16)26-21(17-6-4-5-7-19(17)29-2)24-25-23(26)32-14-20-18(12-13-31-20)22(27)30-3/h4-13H,14H2,1-3H3. The Kier molecular flexibility index (Phi) is 6.46. The first kappa shape index (κ1) is 21.5. The summed E-state index contributed by atoms with van der Waals surface area (Å²) in [5.41, 5.74) is 2.05. The quantitative estimate of drug-likeness (QED) is 0.283. The van der Waals surface area contributed by atoms with Gasteiger partial charge >= 0.3 is 5.97 Å². The van der Waals surface area contributed by atoms with E-state index < -0.39 is 5.97 Å². The number of esters is 1. The molecule has 4 aromatic rings. The van der Waals surface area contributed by atoms with E-state index in [0.717, 1.165) is 17.0 Å². The lowest BCUT2D eigenvalue weighted by Gasteiger charge is -2.13. The first-order chi connectivity index (χ1) is 15.7. The van der Waals surface area contributed by atoms with Crippen molar-refractivity contribution < 1.29 is 23.4 Å². The smallest absolute Gasteiger partial charge is 0.341 e. The summed E-state index contributed by atoms with van der Waals surface area (Å²) >= 11 is 1.40. The van der Waals surface area contributed by atoms with E-state index in [2.05, 4.69) is 10.2 Å². The van der Waals surface area contributed by atoms with Gasteiger partial charge in [-0.05, 0) is 42.5 Å². The molecule has 0 saturated heterocycles. The van der Waals surface area contributed by atoms with Crippen LogP contribution in [-0.2, 0) is 10.5 Å². The number of ether oxygens (including phenoxy) is 3. The highest BCUT2D eigenvalue weighted by atomic mass is 32.2. The third-order valence-electron chi connectivity index (χ3n) is 4.79. The van der Waals surface area contributed by atoms with Gasteiger partial charge < -0.3 is 18.6 Å². The Morgan fingerprint density at radius 1 is 1.00 bits per heavy atom. The lowest BCUT2D eigenvalue weighted by Crippen LogP contribution is -2.03. The summed E-state index contributed by atoms with van der Waals surface area (Å²) in [4.78, 5) is 12.0. The van der Waals surface area contributed by atoms with Crippen LogP contribution in [0.25, 0.3) is 17.1 Å². The predicted octanol–water partition coefficient (Wildman–Crippen LogP) is 4.62. The van der Waals surface area contributed by atoms with Crippen LogP contribution < -0.4 is 9.47 Å². The molecule has 2 aromatic carbocycles. The van der Waals surface area contributed by atoms with E-state index in [1.54, 1.807) is 20.3 Å². The van der Waals surface area contributed by atoms with E-state index in [-0.39, 0.29) is 0 Å².